The number of aryl methyl sites for hydroxylation is 1. The van der Waals surface area contributed by atoms with E-state index < -0.39 is 0 Å². The van der Waals surface area contributed by atoms with Crippen LogP contribution >= 0.6 is 0 Å². The molecule has 1 aromatic heterocycles. The van der Waals surface area contributed by atoms with Crippen LogP contribution in [-0.2, 0) is 13.0 Å². The van der Waals surface area contributed by atoms with Crippen molar-refractivity contribution in [3.63, 3.8) is 0 Å². The Bertz CT molecular complexity index is 632. The average Bonchev–Trinajstić information content (AvgIpc) is 2.88. The molecule has 0 atom stereocenters. The number of para-hydroxylation sites is 1. The number of ether oxygens (including phenoxy) is 1. The van der Waals surface area contributed by atoms with E-state index >= 15 is 0 Å². The second-order valence-electron chi connectivity index (χ2n) is 4.54. The van der Waals surface area contributed by atoms with Gasteiger partial charge in [-0.05, 0) is 36.2 Å². The van der Waals surface area contributed by atoms with Crippen molar-refractivity contribution in [1.82, 2.24) is 0 Å². The molecule has 3 rings (SSSR count). The molecule has 0 aliphatic heterocycles. The molecule has 3 aromatic rings. The van der Waals surface area contributed by atoms with E-state index in [-0.39, 0.29) is 0 Å². The Balaban J connectivity index is 1.70. The molecular formula is C17H16O2. The summed E-state index contributed by atoms with van der Waals surface area (Å²) in [7, 11) is 0. The molecule has 0 unspecified atom stereocenters. The van der Waals surface area contributed by atoms with Crippen LogP contribution in [0.15, 0.2) is 59.0 Å². The maximum atomic E-state index is 5.73. The van der Waals surface area contributed by atoms with Gasteiger partial charge in [-0.2, -0.15) is 0 Å². The third-order valence-corrected chi connectivity index (χ3v) is 3.19. The highest BCUT2D eigenvalue weighted by molar-refractivity contribution is 5.77. The van der Waals surface area contributed by atoms with E-state index in [4.69, 9.17) is 9.15 Å². The molecule has 96 valence electrons. The maximum absolute atomic E-state index is 5.73. The molecule has 0 N–H and O–H groups in total. The largest absolute Gasteiger partial charge is 0.486 e. The minimum Gasteiger partial charge on any atom is -0.486 e. The molecule has 0 bridgehead atoms. The van der Waals surface area contributed by atoms with Gasteiger partial charge in [0, 0.05) is 5.39 Å². The summed E-state index contributed by atoms with van der Waals surface area (Å²) < 4.78 is 11.4. The number of hydrogen-bond acceptors (Lipinski definition) is 2. The average molecular weight is 252 g/mol. The van der Waals surface area contributed by atoms with E-state index in [2.05, 4.69) is 19.1 Å². The zero-order chi connectivity index (χ0) is 13.1. The van der Waals surface area contributed by atoms with E-state index in [1.807, 2.05) is 42.5 Å². The van der Waals surface area contributed by atoms with Gasteiger partial charge in [0.1, 0.15) is 23.7 Å². The van der Waals surface area contributed by atoms with Gasteiger partial charge >= 0.3 is 0 Å². The Hall–Kier alpha value is -2.22. The zero-order valence-electron chi connectivity index (χ0n) is 10.9. The molecule has 0 aliphatic carbocycles. The molecule has 2 nitrogen and oxygen atoms in total. The summed E-state index contributed by atoms with van der Waals surface area (Å²) in [5.41, 5.74) is 2.22. The summed E-state index contributed by atoms with van der Waals surface area (Å²) in [5, 5.41) is 1.11. The lowest BCUT2D eigenvalue weighted by molar-refractivity contribution is 0.274. The normalized spacial score (nSPS) is 10.8. The molecule has 0 amide bonds. The third-order valence-electron chi connectivity index (χ3n) is 3.19. The Morgan fingerprint density at radius 2 is 1.79 bits per heavy atom. The van der Waals surface area contributed by atoms with Gasteiger partial charge in [0.2, 0.25) is 0 Å². The van der Waals surface area contributed by atoms with Gasteiger partial charge in [-0.3, -0.25) is 0 Å². The minimum atomic E-state index is 0.458. The fourth-order valence-corrected chi connectivity index (χ4v) is 2.08. The molecule has 2 aromatic carbocycles. The Kier molecular flexibility index (Phi) is 3.23. The van der Waals surface area contributed by atoms with E-state index in [1.165, 1.54) is 5.56 Å². The van der Waals surface area contributed by atoms with E-state index in [0.29, 0.717) is 6.61 Å². The van der Waals surface area contributed by atoms with Crippen molar-refractivity contribution in [1.29, 1.82) is 0 Å². The third kappa shape index (κ3) is 2.63. The predicted octanol–water partition coefficient (Wildman–Crippen LogP) is 4.57. The van der Waals surface area contributed by atoms with Crippen molar-refractivity contribution in [3.8, 4) is 5.75 Å². The zero-order valence-corrected chi connectivity index (χ0v) is 10.9. The Morgan fingerprint density at radius 3 is 2.53 bits per heavy atom. The minimum absolute atomic E-state index is 0.458. The number of benzene rings is 2. The second-order valence-corrected chi connectivity index (χ2v) is 4.54. The van der Waals surface area contributed by atoms with Crippen molar-refractivity contribution < 1.29 is 9.15 Å². The summed E-state index contributed by atoms with van der Waals surface area (Å²) in [5.74, 6) is 1.72. The lowest BCUT2D eigenvalue weighted by Crippen LogP contribution is -1.93. The van der Waals surface area contributed by atoms with Crippen molar-refractivity contribution in [2.24, 2.45) is 0 Å². The highest BCUT2D eigenvalue weighted by atomic mass is 16.5. The summed E-state index contributed by atoms with van der Waals surface area (Å²) in [6, 6.07) is 18.2. The van der Waals surface area contributed by atoms with Crippen LogP contribution in [0.2, 0.25) is 0 Å². The van der Waals surface area contributed by atoms with Gasteiger partial charge in [0.15, 0.2) is 0 Å². The maximum Gasteiger partial charge on any atom is 0.146 e. The van der Waals surface area contributed by atoms with Crippen molar-refractivity contribution >= 4 is 11.0 Å². The van der Waals surface area contributed by atoms with Crippen molar-refractivity contribution in [2.75, 3.05) is 0 Å². The molecule has 0 radical (unpaired) electrons. The quantitative estimate of drug-likeness (QED) is 0.678. The highest BCUT2D eigenvalue weighted by Gasteiger charge is 2.03. The van der Waals surface area contributed by atoms with Crippen LogP contribution in [0.4, 0.5) is 0 Å². The second kappa shape index (κ2) is 5.19. The van der Waals surface area contributed by atoms with Crippen LogP contribution in [0.25, 0.3) is 11.0 Å². The first kappa shape index (κ1) is 11.8. The van der Waals surface area contributed by atoms with Crippen molar-refractivity contribution in [2.45, 2.75) is 20.0 Å². The molecular weight excluding hydrogens is 236 g/mol. The lowest BCUT2D eigenvalue weighted by Gasteiger charge is -2.04. The van der Waals surface area contributed by atoms with Crippen LogP contribution in [-0.4, -0.2) is 0 Å². The summed E-state index contributed by atoms with van der Waals surface area (Å²) in [6.07, 6.45) is 1.05. The van der Waals surface area contributed by atoms with Gasteiger partial charge in [-0.1, -0.05) is 37.3 Å². The summed E-state index contributed by atoms with van der Waals surface area (Å²) in [4.78, 5) is 0. The smallest absolute Gasteiger partial charge is 0.146 e. The first-order chi connectivity index (χ1) is 9.35. The molecule has 19 heavy (non-hydrogen) atoms. The Morgan fingerprint density at radius 1 is 1.00 bits per heavy atom. The molecule has 0 saturated carbocycles. The van der Waals surface area contributed by atoms with E-state index in [9.17, 15) is 0 Å². The lowest BCUT2D eigenvalue weighted by atomic mass is 10.2. The fraction of sp³-hybridized carbons (Fsp3) is 0.176. The van der Waals surface area contributed by atoms with E-state index in [1.54, 1.807) is 0 Å². The van der Waals surface area contributed by atoms with E-state index in [0.717, 1.165) is 28.9 Å². The van der Waals surface area contributed by atoms with Crippen LogP contribution in [0.3, 0.4) is 0 Å². The molecule has 0 aliphatic rings. The SMILES string of the molecule is CCc1ccc(OCc2cc3ccccc3o2)cc1. The molecule has 0 fully saturated rings. The van der Waals surface area contributed by atoms with Gasteiger partial charge in [-0.25, -0.2) is 0 Å². The molecule has 0 saturated heterocycles. The molecule has 1 heterocycles. The fourth-order valence-electron chi connectivity index (χ4n) is 2.08. The standard InChI is InChI=1S/C17H16O2/c1-2-13-7-9-15(10-8-13)18-12-16-11-14-5-3-4-6-17(14)19-16/h3-11H,2,12H2,1H3. The van der Waals surface area contributed by atoms with Gasteiger partial charge < -0.3 is 9.15 Å². The first-order valence-electron chi connectivity index (χ1n) is 6.54. The summed E-state index contributed by atoms with van der Waals surface area (Å²) in [6.45, 7) is 2.60. The predicted molar refractivity (Wildman–Crippen MR) is 76.4 cm³/mol. The van der Waals surface area contributed by atoms with Gasteiger partial charge in [0.25, 0.3) is 0 Å². The van der Waals surface area contributed by atoms with Crippen LogP contribution in [0.5, 0.6) is 5.75 Å². The molecule has 0 spiro atoms. The van der Waals surface area contributed by atoms with Crippen LogP contribution < -0.4 is 4.74 Å². The first-order valence-corrected chi connectivity index (χ1v) is 6.54. The number of rotatable bonds is 4. The van der Waals surface area contributed by atoms with Crippen molar-refractivity contribution in [3.05, 3.63) is 65.9 Å². The topological polar surface area (TPSA) is 22.4 Å². The number of fused-ring (bicyclic) bond motifs is 1. The number of furan rings is 1. The van der Waals surface area contributed by atoms with Crippen LogP contribution in [0, 0.1) is 0 Å². The number of hydrogen-bond donors (Lipinski definition) is 0. The Labute approximate surface area is 112 Å². The van der Waals surface area contributed by atoms with Gasteiger partial charge in [0.05, 0.1) is 0 Å². The van der Waals surface area contributed by atoms with Gasteiger partial charge in [-0.15, -0.1) is 0 Å². The monoisotopic (exact) mass is 252 g/mol. The summed E-state index contributed by atoms with van der Waals surface area (Å²) >= 11 is 0. The molecule has 2 heteroatoms. The van der Waals surface area contributed by atoms with Crippen LogP contribution in [0.1, 0.15) is 18.2 Å². The highest BCUT2D eigenvalue weighted by Crippen LogP contribution is 2.20.